The first-order valence-corrected chi connectivity index (χ1v) is 3.85. The van der Waals surface area contributed by atoms with E-state index in [1.54, 1.807) is 16.8 Å². The maximum Gasteiger partial charge on any atom is 0.347 e. The van der Waals surface area contributed by atoms with Gasteiger partial charge in [0.05, 0.1) is 0 Å². The molecule has 1 aromatic heterocycles. The van der Waals surface area contributed by atoms with Crippen LogP contribution in [-0.4, -0.2) is 9.55 Å². The molecule has 0 aliphatic heterocycles. The summed E-state index contributed by atoms with van der Waals surface area (Å²) in [6.45, 7) is 4.61. The van der Waals surface area contributed by atoms with E-state index in [4.69, 9.17) is 0 Å². The molecule has 1 rings (SSSR count). The van der Waals surface area contributed by atoms with Gasteiger partial charge in [-0.1, -0.05) is 11.6 Å². The highest BCUT2D eigenvalue weighted by Gasteiger charge is 1.90. The van der Waals surface area contributed by atoms with Crippen LogP contribution >= 0.6 is 0 Å². The SMILES string of the molecule is CC(C)=CCn1cccnc1=O. The van der Waals surface area contributed by atoms with E-state index in [1.165, 1.54) is 11.8 Å². The highest BCUT2D eigenvalue weighted by atomic mass is 16.1. The van der Waals surface area contributed by atoms with Gasteiger partial charge in [0.2, 0.25) is 0 Å². The zero-order chi connectivity index (χ0) is 8.97. The molecule has 1 aromatic rings. The molecule has 12 heavy (non-hydrogen) atoms. The lowest BCUT2D eigenvalue weighted by molar-refractivity contribution is 0.739. The Morgan fingerprint density at radius 3 is 3.00 bits per heavy atom. The normalized spacial score (nSPS) is 9.50. The second kappa shape index (κ2) is 3.85. The minimum atomic E-state index is -0.199. The van der Waals surface area contributed by atoms with Crippen molar-refractivity contribution in [2.24, 2.45) is 0 Å². The van der Waals surface area contributed by atoms with Crippen molar-refractivity contribution in [3.8, 4) is 0 Å². The number of aromatic nitrogens is 2. The monoisotopic (exact) mass is 164 g/mol. The van der Waals surface area contributed by atoms with Gasteiger partial charge in [0, 0.05) is 18.9 Å². The van der Waals surface area contributed by atoms with Crippen molar-refractivity contribution in [3.05, 3.63) is 40.6 Å². The smallest absolute Gasteiger partial charge is 0.295 e. The molecular weight excluding hydrogens is 152 g/mol. The zero-order valence-electron chi connectivity index (χ0n) is 7.32. The molecule has 0 aromatic carbocycles. The zero-order valence-corrected chi connectivity index (χ0v) is 7.32. The third kappa shape index (κ3) is 2.34. The van der Waals surface area contributed by atoms with Crippen molar-refractivity contribution in [3.63, 3.8) is 0 Å². The summed E-state index contributed by atoms with van der Waals surface area (Å²) in [5.41, 5.74) is 1.00. The molecule has 3 nitrogen and oxygen atoms in total. The average molecular weight is 164 g/mol. The molecule has 0 unspecified atom stereocenters. The molecule has 0 saturated heterocycles. The predicted octanol–water partition coefficient (Wildman–Crippen LogP) is 1.21. The summed E-state index contributed by atoms with van der Waals surface area (Å²) in [7, 11) is 0. The molecule has 0 fully saturated rings. The van der Waals surface area contributed by atoms with Gasteiger partial charge in [-0.2, -0.15) is 0 Å². The Bertz CT molecular complexity index is 334. The summed E-state index contributed by atoms with van der Waals surface area (Å²) in [5, 5.41) is 0. The van der Waals surface area contributed by atoms with Gasteiger partial charge in [-0.25, -0.2) is 9.78 Å². The van der Waals surface area contributed by atoms with Crippen LogP contribution in [0.15, 0.2) is 34.9 Å². The molecule has 0 N–H and O–H groups in total. The minimum absolute atomic E-state index is 0.199. The van der Waals surface area contributed by atoms with Crippen LogP contribution in [0, 0.1) is 0 Å². The summed E-state index contributed by atoms with van der Waals surface area (Å²) < 4.78 is 1.56. The van der Waals surface area contributed by atoms with Crippen LogP contribution in [0.1, 0.15) is 13.8 Å². The standard InChI is InChI=1S/C9H12N2O/c1-8(2)4-7-11-6-3-5-10-9(11)12/h3-6H,7H2,1-2H3. The fourth-order valence-electron chi connectivity index (χ4n) is 0.807. The molecule has 1 heterocycles. The lowest BCUT2D eigenvalue weighted by Gasteiger charge is -1.98. The summed E-state index contributed by atoms with van der Waals surface area (Å²) in [4.78, 5) is 14.7. The first kappa shape index (κ1) is 8.71. The van der Waals surface area contributed by atoms with E-state index in [9.17, 15) is 4.79 Å². The average Bonchev–Trinajstić information content (AvgIpc) is 2.03. The van der Waals surface area contributed by atoms with Gasteiger partial charge >= 0.3 is 5.69 Å². The van der Waals surface area contributed by atoms with Gasteiger partial charge in [-0.3, -0.25) is 4.57 Å². The number of hydrogen-bond acceptors (Lipinski definition) is 2. The highest BCUT2D eigenvalue weighted by Crippen LogP contribution is 1.89. The quantitative estimate of drug-likeness (QED) is 0.616. The van der Waals surface area contributed by atoms with Gasteiger partial charge in [0.1, 0.15) is 0 Å². The fourth-order valence-corrected chi connectivity index (χ4v) is 0.807. The third-order valence-electron chi connectivity index (χ3n) is 1.48. The molecule has 0 aliphatic carbocycles. The largest absolute Gasteiger partial charge is 0.347 e. The van der Waals surface area contributed by atoms with Crippen LogP contribution in [-0.2, 0) is 6.54 Å². The molecule has 0 atom stereocenters. The third-order valence-corrected chi connectivity index (χ3v) is 1.48. The second-order valence-corrected chi connectivity index (χ2v) is 2.84. The van der Waals surface area contributed by atoms with Crippen LogP contribution in [0.5, 0.6) is 0 Å². The van der Waals surface area contributed by atoms with E-state index in [0.717, 1.165) is 0 Å². The number of hydrogen-bond donors (Lipinski definition) is 0. The molecule has 0 spiro atoms. The molecule has 0 radical (unpaired) electrons. The number of allylic oxidation sites excluding steroid dienone is 2. The van der Waals surface area contributed by atoms with Crippen LogP contribution in [0.4, 0.5) is 0 Å². The van der Waals surface area contributed by atoms with Crippen LogP contribution in [0.2, 0.25) is 0 Å². The Balaban J connectivity index is 2.84. The first-order valence-electron chi connectivity index (χ1n) is 3.85. The molecule has 64 valence electrons. The lowest BCUT2D eigenvalue weighted by atomic mass is 10.3. The summed E-state index contributed by atoms with van der Waals surface area (Å²) in [6.07, 6.45) is 5.22. The van der Waals surface area contributed by atoms with E-state index in [0.29, 0.717) is 6.54 Å². The second-order valence-electron chi connectivity index (χ2n) is 2.84. The van der Waals surface area contributed by atoms with Crippen LogP contribution in [0.3, 0.4) is 0 Å². The fraction of sp³-hybridized carbons (Fsp3) is 0.333. The Kier molecular flexibility index (Phi) is 2.80. The maximum atomic E-state index is 11.1. The molecule has 0 saturated carbocycles. The van der Waals surface area contributed by atoms with Gasteiger partial charge in [-0.15, -0.1) is 0 Å². The maximum absolute atomic E-state index is 11.1. The Morgan fingerprint density at radius 1 is 1.67 bits per heavy atom. The minimum Gasteiger partial charge on any atom is -0.295 e. The highest BCUT2D eigenvalue weighted by molar-refractivity contribution is 4.94. The van der Waals surface area contributed by atoms with Crippen LogP contribution in [0.25, 0.3) is 0 Å². The van der Waals surface area contributed by atoms with Crippen molar-refractivity contribution in [2.75, 3.05) is 0 Å². The van der Waals surface area contributed by atoms with E-state index in [1.807, 2.05) is 19.9 Å². The molecule has 3 heteroatoms. The summed E-state index contributed by atoms with van der Waals surface area (Å²) >= 11 is 0. The molecular formula is C9H12N2O. The Hall–Kier alpha value is -1.38. The van der Waals surface area contributed by atoms with E-state index < -0.39 is 0 Å². The molecule has 0 bridgehead atoms. The van der Waals surface area contributed by atoms with Crippen LogP contribution < -0.4 is 5.69 Å². The van der Waals surface area contributed by atoms with Gasteiger partial charge in [0.15, 0.2) is 0 Å². The van der Waals surface area contributed by atoms with Crippen molar-refractivity contribution in [1.82, 2.24) is 9.55 Å². The van der Waals surface area contributed by atoms with E-state index in [2.05, 4.69) is 4.98 Å². The predicted molar refractivity (Wildman–Crippen MR) is 47.9 cm³/mol. The lowest BCUT2D eigenvalue weighted by Crippen LogP contribution is -2.20. The molecule has 0 amide bonds. The molecule has 0 aliphatic rings. The first-order chi connectivity index (χ1) is 5.70. The number of rotatable bonds is 2. The van der Waals surface area contributed by atoms with Crippen molar-refractivity contribution in [1.29, 1.82) is 0 Å². The van der Waals surface area contributed by atoms with Crippen molar-refractivity contribution in [2.45, 2.75) is 20.4 Å². The number of nitrogens with zero attached hydrogens (tertiary/aromatic N) is 2. The van der Waals surface area contributed by atoms with Gasteiger partial charge < -0.3 is 0 Å². The van der Waals surface area contributed by atoms with Crippen molar-refractivity contribution >= 4 is 0 Å². The Labute approximate surface area is 71.4 Å². The Morgan fingerprint density at radius 2 is 2.42 bits per heavy atom. The van der Waals surface area contributed by atoms with E-state index in [-0.39, 0.29) is 5.69 Å². The van der Waals surface area contributed by atoms with Gasteiger partial charge in [0.25, 0.3) is 0 Å². The topological polar surface area (TPSA) is 34.9 Å². The van der Waals surface area contributed by atoms with E-state index >= 15 is 0 Å². The summed E-state index contributed by atoms with van der Waals surface area (Å²) in [6, 6.07) is 1.75. The summed E-state index contributed by atoms with van der Waals surface area (Å²) in [5.74, 6) is 0. The van der Waals surface area contributed by atoms with Gasteiger partial charge in [-0.05, 0) is 19.9 Å². The van der Waals surface area contributed by atoms with Crippen molar-refractivity contribution < 1.29 is 0 Å².